The number of anilines is 1. The van der Waals surface area contributed by atoms with Gasteiger partial charge in [-0.05, 0) is 17.5 Å². The van der Waals surface area contributed by atoms with Crippen molar-refractivity contribution in [2.24, 2.45) is 0 Å². The van der Waals surface area contributed by atoms with E-state index in [-0.39, 0.29) is 0 Å². The van der Waals surface area contributed by atoms with Gasteiger partial charge in [-0.25, -0.2) is 0 Å². The first kappa shape index (κ1) is 11.0. The average molecular weight is 235 g/mol. The molecule has 0 fully saturated rings. The second kappa shape index (κ2) is 4.55. The Morgan fingerprint density at radius 1 is 1.38 bits per heavy atom. The predicted octanol–water partition coefficient (Wildman–Crippen LogP) is 2.42. The maximum Gasteiger partial charge on any atom is 0.120 e. The highest BCUT2D eigenvalue weighted by Gasteiger charge is 2.14. The minimum atomic E-state index is -0.661. The van der Waals surface area contributed by atoms with Gasteiger partial charge in [-0.15, -0.1) is 11.3 Å². The minimum absolute atomic E-state index is 0.542. The maximum absolute atomic E-state index is 10.1. The fraction of sp³-hybridized carbons (Fsp3) is 0.167. The Balaban J connectivity index is 2.34. The molecule has 84 valence electrons. The second-order valence-electron chi connectivity index (χ2n) is 3.41. The number of benzene rings is 1. The SMILES string of the molecule is COc1ccc(C(O)c2cccs2)c(N)c1. The van der Waals surface area contributed by atoms with Gasteiger partial charge in [0.05, 0.1) is 7.11 Å². The molecule has 2 aromatic rings. The molecular formula is C12H13NO2S. The van der Waals surface area contributed by atoms with Crippen LogP contribution in [-0.4, -0.2) is 12.2 Å². The molecular weight excluding hydrogens is 222 g/mol. The number of nitrogens with two attached hydrogens (primary N) is 1. The number of nitrogen functional groups attached to an aromatic ring is 1. The van der Waals surface area contributed by atoms with Crippen molar-refractivity contribution in [1.29, 1.82) is 0 Å². The zero-order chi connectivity index (χ0) is 11.5. The fourth-order valence-corrected chi connectivity index (χ4v) is 2.26. The Kier molecular flexibility index (Phi) is 3.12. The van der Waals surface area contributed by atoms with Gasteiger partial charge in [0.1, 0.15) is 11.9 Å². The topological polar surface area (TPSA) is 55.5 Å². The maximum atomic E-state index is 10.1. The number of aliphatic hydroxyl groups is 1. The number of ether oxygens (including phenoxy) is 1. The van der Waals surface area contributed by atoms with Crippen molar-refractivity contribution in [1.82, 2.24) is 0 Å². The van der Waals surface area contributed by atoms with Crippen LogP contribution in [0.2, 0.25) is 0 Å². The molecule has 0 spiro atoms. The van der Waals surface area contributed by atoms with Gasteiger partial charge < -0.3 is 15.6 Å². The van der Waals surface area contributed by atoms with Crippen LogP contribution in [-0.2, 0) is 0 Å². The molecule has 0 bridgehead atoms. The van der Waals surface area contributed by atoms with Crippen molar-refractivity contribution < 1.29 is 9.84 Å². The highest BCUT2D eigenvalue weighted by molar-refractivity contribution is 7.10. The van der Waals surface area contributed by atoms with E-state index < -0.39 is 6.10 Å². The molecule has 0 saturated heterocycles. The van der Waals surface area contributed by atoms with E-state index in [4.69, 9.17) is 10.5 Å². The smallest absolute Gasteiger partial charge is 0.120 e. The number of hydrogen-bond acceptors (Lipinski definition) is 4. The number of thiophene rings is 1. The normalized spacial score (nSPS) is 12.4. The van der Waals surface area contributed by atoms with Gasteiger partial charge in [0.2, 0.25) is 0 Å². The molecule has 1 unspecified atom stereocenters. The lowest BCUT2D eigenvalue weighted by Gasteiger charge is -2.12. The molecule has 16 heavy (non-hydrogen) atoms. The molecule has 0 aliphatic carbocycles. The summed E-state index contributed by atoms with van der Waals surface area (Å²) >= 11 is 1.51. The lowest BCUT2D eigenvalue weighted by atomic mass is 10.1. The van der Waals surface area contributed by atoms with E-state index in [9.17, 15) is 5.11 Å². The molecule has 1 heterocycles. The third-order valence-electron chi connectivity index (χ3n) is 2.40. The minimum Gasteiger partial charge on any atom is -0.497 e. The first-order valence-corrected chi connectivity index (χ1v) is 5.75. The van der Waals surface area contributed by atoms with Crippen LogP contribution in [0.15, 0.2) is 35.7 Å². The standard InChI is InChI=1S/C12H13NO2S/c1-15-8-4-5-9(10(13)7-8)12(14)11-3-2-6-16-11/h2-7,12,14H,13H2,1H3. The van der Waals surface area contributed by atoms with Gasteiger partial charge in [-0.1, -0.05) is 12.1 Å². The lowest BCUT2D eigenvalue weighted by Crippen LogP contribution is -2.02. The Bertz CT molecular complexity index is 468. The van der Waals surface area contributed by atoms with Gasteiger partial charge in [-0.2, -0.15) is 0 Å². The highest BCUT2D eigenvalue weighted by atomic mass is 32.1. The van der Waals surface area contributed by atoms with Crippen molar-refractivity contribution in [3.63, 3.8) is 0 Å². The van der Waals surface area contributed by atoms with Crippen molar-refractivity contribution in [2.75, 3.05) is 12.8 Å². The second-order valence-corrected chi connectivity index (χ2v) is 4.39. The molecule has 2 rings (SSSR count). The van der Waals surface area contributed by atoms with Crippen LogP contribution >= 0.6 is 11.3 Å². The molecule has 3 nitrogen and oxygen atoms in total. The van der Waals surface area contributed by atoms with Crippen LogP contribution in [0.25, 0.3) is 0 Å². The van der Waals surface area contributed by atoms with E-state index >= 15 is 0 Å². The summed E-state index contributed by atoms with van der Waals surface area (Å²) < 4.78 is 5.06. The Labute approximate surface area is 98.1 Å². The molecule has 0 saturated carbocycles. The van der Waals surface area contributed by atoms with Crippen LogP contribution in [0, 0.1) is 0 Å². The molecule has 0 aliphatic heterocycles. The van der Waals surface area contributed by atoms with E-state index in [1.165, 1.54) is 11.3 Å². The predicted molar refractivity (Wildman–Crippen MR) is 65.8 cm³/mol. The Morgan fingerprint density at radius 2 is 2.19 bits per heavy atom. The van der Waals surface area contributed by atoms with Gasteiger partial charge in [0.25, 0.3) is 0 Å². The number of methoxy groups -OCH3 is 1. The van der Waals surface area contributed by atoms with E-state index in [2.05, 4.69) is 0 Å². The largest absolute Gasteiger partial charge is 0.497 e. The summed E-state index contributed by atoms with van der Waals surface area (Å²) in [7, 11) is 1.59. The molecule has 1 aromatic heterocycles. The van der Waals surface area contributed by atoms with Crippen LogP contribution in [0.1, 0.15) is 16.5 Å². The first-order valence-electron chi connectivity index (χ1n) is 4.87. The summed E-state index contributed by atoms with van der Waals surface area (Å²) in [4.78, 5) is 0.886. The highest BCUT2D eigenvalue weighted by Crippen LogP contribution is 2.31. The van der Waals surface area contributed by atoms with Gasteiger partial charge in [0.15, 0.2) is 0 Å². The van der Waals surface area contributed by atoms with E-state index in [0.29, 0.717) is 17.0 Å². The van der Waals surface area contributed by atoms with Crippen LogP contribution in [0.3, 0.4) is 0 Å². The van der Waals surface area contributed by atoms with E-state index in [0.717, 1.165) is 4.88 Å². The molecule has 3 N–H and O–H groups in total. The third kappa shape index (κ3) is 2.03. The zero-order valence-electron chi connectivity index (χ0n) is 8.88. The van der Waals surface area contributed by atoms with Crippen molar-refractivity contribution in [3.05, 3.63) is 46.2 Å². The van der Waals surface area contributed by atoms with Crippen LogP contribution in [0.5, 0.6) is 5.75 Å². The van der Waals surface area contributed by atoms with Gasteiger partial charge in [0, 0.05) is 22.2 Å². The van der Waals surface area contributed by atoms with Crippen molar-refractivity contribution in [3.8, 4) is 5.75 Å². The average Bonchev–Trinajstić information content (AvgIpc) is 2.81. The van der Waals surface area contributed by atoms with Crippen LogP contribution in [0.4, 0.5) is 5.69 Å². The quantitative estimate of drug-likeness (QED) is 0.803. The molecule has 4 heteroatoms. The molecule has 1 aromatic carbocycles. The van der Waals surface area contributed by atoms with Crippen molar-refractivity contribution >= 4 is 17.0 Å². The summed E-state index contributed by atoms with van der Waals surface area (Å²) in [6.07, 6.45) is -0.661. The Hall–Kier alpha value is -1.52. The monoisotopic (exact) mass is 235 g/mol. The Morgan fingerprint density at radius 3 is 2.75 bits per heavy atom. The summed E-state index contributed by atoms with van der Waals surface area (Å²) in [6.45, 7) is 0. The summed E-state index contributed by atoms with van der Waals surface area (Å²) in [5.74, 6) is 0.694. The number of hydrogen-bond donors (Lipinski definition) is 2. The molecule has 0 aliphatic rings. The van der Waals surface area contributed by atoms with Gasteiger partial charge >= 0.3 is 0 Å². The first-order chi connectivity index (χ1) is 7.72. The number of aliphatic hydroxyl groups excluding tert-OH is 1. The summed E-state index contributed by atoms with van der Waals surface area (Å²) in [5.41, 5.74) is 7.12. The third-order valence-corrected chi connectivity index (χ3v) is 3.33. The van der Waals surface area contributed by atoms with Crippen LogP contribution < -0.4 is 10.5 Å². The molecule has 0 amide bonds. The summed E-state index contributed by atoms with van der Waals surface area (Å²) in [6, 6.07) is 9.09. The summed E-state index contributed by atoms with van der Waals surface area (Å²) in [5, 5.41) is 12.0. The molecule has 1 atom stereocenters. The van der Waals surface area contributed by atoms with Gasteiger partial charge in [-0.3, -0.25) is 0 Å². The van der Waals surface area contributed by atoms with E-state index in [1.807, 2.05) is 17.5 Å². The molecule has 0 radical (unpaired) electrons. The zero-order valence-corrected chi connectivity index (χ0v) is 9.70. The lowest BCUT2D eigenvalue weighted by molar-refractivity contribution is 0.225. The van der Waals surface area contributed by atoms with Crippen molar-refractivity contribution in [2.45, 2.75) is 6.10 Å². The fourth-order valence-electron chi connectivity index (χ4n) is 1.53. The number of rotatable bonds is 3. The van der Waals surface area contributed by atoms with E-state index in [1.54, 1.807) is 25.3 Å².